The number of carbonyl (C=O) groups excluding carboxylic acids is 3. The second kappa shape index (κ2) is 27.8. The minimum Gasteiger partial charge on any atom is -0.382 e. The maximum Gasteiger partial charge on any atom is 0.137 e. The van der Waals surface area contributed by atoms with Gasteiger partial charge in [-0.25, -0.2) is 4.79 Å². The summed E-state index contributed by atoms with van der Waals surface area (Å²) in [5.74, 6) is -2.12. The topological polar surface area (TPSA) is 156 Å². The summed E-state index contributed by atoms with van der Waals surface area (Å²) in [6.07, 6.45) is 6.18. The van der Waals surface area contributed by atoms with Crippen molar-refractivity contribution in [3.8, 4) is 0 Å². The van der Waals surface area contributed by atoms with E-state index in [1.54, 1.807) is 20.8 Å². The molecule has 2 heterocycles. The van der Waals surface area contributed by atoms with Crippen LogP contribution in [0.25, 0.3) is 0 Å². The molecule has 2 aliphatic rings. The van der Waals surface area contributed by atoms with Gasteiger partial charge in [-0.1, -0.05) is 27.7 Å². The summed E-state index contributed by atoms with van der Waals surface area (Å²) in [5.41, 5.74) is -3.18. The Morgan fingerprint density at radius 3 is 1.94 bits per heavy atom. The second-order valence-corrected chi connectivity index (χ2v) is 26.4. The van der Waals surface area contributed by atoms with E-state index in [2.05, 4.69) is 72.6 Å². The molecule has 14 heteroatoms. The first kappa shape index (κ1) is 59.4. The Balaban J connectivity index is 1.36. The van der Waals surface area contributed by atoms with Gasteiger partial charge in [-0.3, -0.25) is 14.5 Å². The Bertz CT molecular complexity index is 1830. The van der Waals surface area contributed by atoms with E-state index in [4.69, 9.17) is 23.7 Å². The van der Waals surface area contributed by atoms with Crippen molar-refractivity contribution in [1.82, 2.24) is 15.1 Å². The van der Waals surface area contributed by atoms with E-state index in [0.29, 0.717) is 25.9 Å². The van der Waals surface area contributed by atoms with E-state index in [1.807, 2.05) is 65.6 Å². The van der Waals surface area contributed by atoms with E-state index in [9.17, 15) is 24.6 Å². The zero-order valence-corrected chi connectivity index (χ0v) is 46.3. The fraction of sp³-hybridized carbons (Fsp3) is 0.732. The molecule has 0 radical (unpaired) electrons. The molecule has 13 nitrogen and oxygen atoms in total. The van der Waals surface area contributed by atoms with Gasteiger partial charge < -0.3 is 38.8 Å². The quantitative estimate of drug-likeness (QED) is 0.0535. The molecular weight excluding hydrogens is 906 g/mol. The Kier molecular flexibility index (Phi) is 23.6. The summed E-state index contributed by atoms with van der Waals surface area (Å²) in [4.78, 5) is 43.9. The maximum absolute atomic E-state index is 14.0. The average molecular weight is 1000 g/mol. The minimum atomic E-state index is -1.80. The number of unbranched alkanes of at least 4 members (excludes halogenated alkanes) is 7. The molecule has 0 spiro atoms. The molecule has 398 valence electrons. The van der Waals surface area contributed by atoms with Gasteiger partial charge in [0.05, 0.1) is 29.8 Å². The summed E-state index contributed by atoms with van der Waals surface area (Å²) < 4.78 is 31.2. The van der Waals surface area contributed by atoms with Crippen molar-refractivity contribution >= 4 is 35.9 Å². The van der Waals surface area contributed by atoms with Gasteiger partial charge in [0.25, 0.3) is 0 Å². The summed E-state index contributed by atoms with van der Waals surface area (Å²) in [7, 11) is 3.96. The van der Waals surface area contributed by atoms with E-state index in [1.165, 1.54) is 49.4 Å². The van der Waals surface area contributed by atoms with Gasteiger partial charge in [0.2, 0.25) is 0 Å². The first-order valence-electron chi connectivity index (χ1n) is 26.6. The molecule has 4 rings (SSSR count). The Hall–Kier alpha value is -3.16. The van der Waals surface area contributed by atoms with Crippen LogP contribution >= 0.6 is 7.26 Å². The van der Waals surface area contributed by atoms with Gasteiger partial charge in [-0.2, -0.15) is 0 Å². The zero-order valence-electron chi connectivity index (χ0n) is 45.3. The molecule has 2 aromatic rings. The smallest absolute Gasteiger partial charge is 0.137 e. The Morgan fingerprint density at radius 2 is 1.40 bits per heavy atom. The predicted octanol–water partition coefficient (Wildman–Crippen LogP) is 8.46. The van der Waals surface area contributed by atoms with Gasteiger partial charge in [-0.15, -0.1) is 0 Å². The van der Waals surface area contributed by atoms with Gasteiger partial charge in [0.1, 0.15) is 11.7 Å². The largest absolute Gasteiger partial charge is 0.382 e. The van der Waals surface area contributed by atoms with Crippen LogP contribution in [0.5, 0.6) is 0 Å². The molecular formula is C56H94N3O10P. The summed E-state index contributed by atoms with van der Waals surface area (Å²) >= 11 is 0. The van der Waals surface area contributed by atoms with Crippen molar-refractivity contribution in [2.24, 2.45) is 17.8 Å². The zero-order chi connectivity index (χ0) is 51.8. The van der Waals surface area contributed by atoms with Crippen LogP contribution in [0.3, 0.4) is 0 Å². The fourth-order valence-electron chi connectivity index (χ4n) is 11.4. The number of hydrogen-bond acceptors (Lipinski definition) is 12. The second-order valence-electron chi connectivity index (χ2n) is 22.1. The van der Waals surface area contributed by atoms with Gasteiger partial charge in [0, 0.05) is 19.5 Å². The molecule has 0 bridgehead atoms. The first-order chi connectivity index (χ1) is 33.0. The number of hydrogen-bond donors (Lipinski definition) is 3. The number of ether oxygens (including phenoxy) is 5. The molecule has 0 unspecified atom stereocenters. The number of likely N-dealkylation sites (N-methyl/N-ethyl adjacent to an activating group) is 2. The van der Waals surface area contributed by atoms with Crippen LogP contribution in [0, 0.1) is 17.8 Å². The number of cyclic esters (lactones) is 1. The molecule has 0 saturated carbocycles. The minimum absolute atomic E-state index is 0.107. The molecule has 2 saturated heterocycles. The van der Waals surface area contributed by atoms with Crippen molar-refractivity contribution in [1.29, 1.82) is 0 Å². The number of aliphatic hydroxyl groups is 2. The summed E-state index contributed by atoms with van der Waals surface area (Å²) in [6, 6.07) is 21.4. The van der Waals surface area contributed by atoms with Gasteiger partial charge in [-0.05, 0) is 86.4 Å². The number of nitrogens with one attached hydrogen (secondary N) is 1. The van der Waals surface area contributed by atoms with Crippen molar-refractivity contribution < 1.29 is 48.3 Å². The van der Waals surface area contributed by atoms with E-state index in [-0.39, 0.29) is 36.8 Å². The standard InChI is InChI=1S/C56H94N3O10P/c1-14-48-56(9,64)51(69-54(62)57-33-27-19-17-15-16-18-20-28-34-70(13,45-29-23-21-24-30-45)46-31-25-22-26-32-46)43(6)59(12)38-39(2)37-55(8,63)50(40(3)35-41(4)52(61)67-48)68-53-49(66-44(7)60)47(58(10)11)36-42(5)65-53/h21-26,29-32,39-43,47-51,53,63-64,70H,14-20,27-28,33-38H2,1-13H3,(H,57,62)/t39-,40+,41-,42-,43-,47+,48-,49-,50-,51-,53+,55-,56-/m1/s1. The molecule has 0 aliphatic carbocycles. The van der Waals surface area contributed by atoms with Crippen LogP contribution in [0.2, 0.25) is 0 Å². The van der Waals surface area contributed by atoms with Gasteiger partial charge >= 0.3 is 173 Å². The summed E-state index contributed by atoms with van der Waals surface area (Å²) in [5, 5.41) is 30.7. The molecule has 3 N–H and O–H groups in total. The Labute approximate surface area is 422 Å². The number of amides is 1. The van der Waals surface area contributed by atoms with Crippen molar-refractivity contribution in [3.05, 3.63) is 60.7 Å². The number of alkyl carbamates (subject to hydrolysis) is 1. The number of nitrogens with zero attached hydrogens (tertiary/aromatic N) is 2. The molecule has 2 aliphatic heterocycles. The monoisotopic (exact) mass is 1000 g/mol. The molecule has 0 aromatic heterocycles. The van der Waals surface area contributed by atoms with Gasteiger partial charge in [0.15, 0.2) is 18.5 Å². The average Bonchev–Trinajstić information content (AvgIpc) is 3.30. The SMILES string of the molecule is CC[C@H]1OC(=O)[C@H](C)C[C@H](C)[C@@H](O[C@@H]2O[C@H](C)C[C@H](N(C)C)[C@H]2OC(C)=O)[C@](C)(O)C[C@@H](C)CN(C)[C@H](C)[C@@H](OC(=O)NCCCCCCCCCC[PH](C)(c2ccccc2)c2ccccc2)[C@]1(C)O. The summed E-state index contributed by atoms with van der Waals surface area (Å²) in [6.45, 7) is 19.5. The molecule has 2 aromatic carbocycles. The maximum atomic E-state index is 14.0. The van der Waals surface area contributed by atoms with Crippen molar-refractivity contribution in [3.63, 3.8) is 0 Å². The fourth-order valence-corrected chi connectivity index (χ4v) is 15.1. The van der Waals surface area contributed by atoms with E-state index in [0.717, 1.165) is 25.7 Å². The van der Waals surface area contributed by atoms with Crippen LogP contribution in [-0.2, 0) is 33.3 Å². The molecule has 70 heavy (non-hydrogen) atoms. The van der Waals surface area contributed by atoms with Crippen LogP contribution in [-0.4, -0.2) is 145 Å². The predicted molar refractivity (Wildman–Crippen MR) is 284 cm³/mol. The first-order valence-corrected chi connectivity index (χ1v) is 29.3. The number of esters is 2. The Morgan fingerprint density at radius 1 is 0.843 bits per heavy atom. The van der Waals surface area contributed by atoms with E-state index >= 15 is 0 Å². The molecule has 13 atom stereocenters. The van der Waals surface area contributed by atoms with Crippen molar-refractivity contribution in [2.45, 2.75) is 199 Å². The molecule has 2 fully saturated rings. The number of carbonyl (C=O) groups is 3. The van der Waals surface area contributed by atoms with Crippen LogP contribution < -0.4 is 15.9 Å². The van der Waals surface area contributed by atoms with Crippen LogP contribution in [0.4, 0.5) is 4.79 Å². The van der Waals surface area contributed by atoms with E-state index < -0.39 is 79.2 Å². The van der Waals surface area contributed by atoms with Crippen LogP contribution in [0.1, 0.15) is 139 Å². The number of benzene rings is 2. The normalized spacial score (nSPS) is 32.3. The van der Waals surface area contributed by atoms with Crippen LogP contribution in [0.15, 0.2) is 60.7 Å². The number of rotatable bonds is 19. The third kappa shape index (κ3) is 17.0. The van der Waals surface area contributed by atoms with Crippen molar-refractivity contribution in [2.75, 3.05) is 47.1 Å². The molecule has 1 amide bonds. The third-order valence-electron chi connectivity index (χ3n) is 15.4. The third-order valence-corrected chi connectivity index (χ3v) is 19.9.